The minimum atomic E-state index is -0.0975. The number of hydrogen-bond acceptors (Lipinski definition) is 2. The summed E-state index contributed by atoms with van der Waals surface area (Å²) in [5.41, 5.74) is 0.595. The number of allylic oxidation sites excluding steroid dienone is 4. The minimum Gasteiger partial charge on any atom is -0.198 e. The zero-order valence-electron chi connectivity index (χ0n) is 5.41. The Kier molecular flexibility index (Phi) is 1.87. The molecule has 0 fully saturated rings. The minimum absolute atomic E-state index is 0.0975. The Morgan fingerprint density at radius 1 is 1.50 bits per heavy atom. The highest BCUT2D eigenvalue weighted by molar-refractivity contribution is 5.37. The normalized spacial score (nSPS) is 22.6. The van der Waals surface area contributed by atoms with E-state index in [1.54, 1.807) is 12.2 Å². The van der Waals surface area contributed by atoms with E-state index in [-0.39, 0.29) is 5.92 Å². The molecule has 0 saturated carbocycles. The molecule has 0 radical (unpaired) electrons. The van der Waals surface area contributed by atoms with Crippen LogP contribution < -0.4 is 0 Å². The lowest BCUT2D eigenvalue weighted by molar-refractivity contribution is 0.832. The van der Waals surface area contributed by atoms with Crippen molar-refractivity contribution in [3.63, 3.8) is 0 Å². The number of nitrogens with zero attached hydrogens (tertiary/aromatic N) is 2. The van der Waals surface area contributed by atoms with Crippen LogP contribution in [0.2, 0.25) is 0 Å². The average Bonchev–Trinajstić information content (AvgIpc) is 2.05. The number of hydrogen-bond donors (Lipinski definition) is 0. The van der Waals surface area contributed by atoms with Gasteiger partial charge in [0.2, 0.25) is 0 Å². The van der Waals surface area contributed by atoms with Gasteiger partial charge >= 0.3 is 0 Å². The Balaban J connectivity index is 2.79. The fourth-order valence-corrected chi connectivity index (χ4v) is 0.846. The molecule has 0 saturated heterocycles. The molecule has 1 atom stereocenters. The quantitative estimate of drug-likeness (QED) is 0.499. The number of rotatable bonds is 0. The van der Waals surface area contributed by atoms with Gasteiger partial charge < -0.3 is 0 Å². The van der Waals surface area contributed by atoms with Crippen LogP contribution in [0.4, 0.5) is 0 Å². The van der Waals surface area contributed by atoms with Crippen LogP contribution in [0.15, 0.2) is 23.8 Å². The molecule has 0 aromatic carbocycles. The Labute approximate surface area is 59.7 Å². The lowest BCUT2D eigenvalue weighted by Crippen LogP contribution is -1.95. The van der Waals surface area contributed by atoms with Crippen molar-refractivity contribution in [2.75, 3.05) is 0 Å². The standard InChI is InChI=1S/C8H6N2/c9-5-7-2-1-3-8(4-7)6-10/h1-2,4,8H,3H2. The molecule has 0 aliphatic heterocycles. The SMILES string of the molecule is N#CC1=CC(C#N)CC=C1. The summed E-state index contributed by atoms with van der Waals surface area (Å²) in [6.45, 7) is 0. The van der Waals surface area contributed by atoms with Gasteiger partial charge in [-0.05, 0) is 18.6 Å². The molecule has 0 bridgehead atoms. The average molecular weight is 130 g/mol. The van der Waals surface area contributed by atoms with Crippen LogP contribution in [-0.4, -0.2) is 0 Å². The maximum absolute atomic E-state index is 8.47. The highest BCUT2D eigenvalue weighted by Crippen LogP contribution is 2.14. The highest BCUT2D eigenvalue weighted by atomic mass is 14.3. The summed E-state index contributed by atoms with van der Waals surface area (Å²) in [4.78, 5) is 0. The first kappa shape index (κ1) is 6.58. The molecule has 2 nitrogen and oxygen atoms in total. The van der Waals surface area contributed by atoms with E-state index >= 15 is 0 Å². The van der Waals surface area contributed by atoms with Crippen molar-refractivity contribution in [2.45, 2.75) is 6.42 Å². The van der Waals surface area contributed by atoms with Crippen LogP contribution in [0.5, 0.6) is 0 Å². The fourth-order valence-electron chi connectivity index (χ4n) is 0.846. The molecule has 1 unspecified atom stereocenters. The smallest absolute Gasteiger partial charge is 0.0988 e. The van der Waals surface area contributed by atoms with Crippen LogP contribution in [-0.2, 0) is 0 Å². The van der Waals surface area contributed by atoms with Crippen LogP contribution in [0, 0.1) is 28.6 Å². The van der Waals surface area contributed by atoms with Gasteiger partial charge in [-0.15, -0.1) is 0 Å². The van der Waals surface area contributed by atoms with Gasteiger partial charge in [-0.3, -0.25) is 0 Å². The van der Waals surface area contributed by atoms with Crippen molar-refractivity contribution in [1.29, 1.82) is 10.5 Å². The Hall–Kier alpha value is -1.54. The van der Waals surface area contributed by atoms with Crippen LogP contribution >= 0.6 is 0 Å². The van der Waals surface area contributed by atoms with Gasteiger partial charge in [-0.2, -0.15) is 10.5 Å². The van der Waals surface area contributed by atoms with E-state index in [1.165, 1.54) is 0 Å². The van der Waals surface area contributed by atoms with E-state index < -0.39 is 0 Å². The largest absolute Gasteiger partial charge is 0.198 e. The zero-order chi connectivity index (χ0) is 7.40. The maximum atomic E-state index is 8.47. The second-order valence-electron chi connectivity index (χ2n) is 2.11. The first-order valence-corrected chi connectivity index (χ1v) is 3.05. The third-order valence-corrected chi connectivity index (χ3v) is 1.36. The van der Waals surface area contributed by atoms with E-state index in [0.29, 0.717) is 5.57 Å². The second kappa shape index (κ2) is 2.85. The fraction of sp³-hybridized carbons (Fsp3) is 0.250. The van der Waals surface area contributed by atoms with Crippen LogP contribution in [0.25, 0.3) is 0 Å². The molecule has 1 rings (SSSR count). The van der Waals surface area contributed by atoms with Gasteiger partial charge in [0.25, 0.3) is 0 Å². The van der Waals surface area contributed by atoms with Gasteiger partial charge in [0.05, 0.1) is 18.1 Å². The molecule has 0 aromatic rings. The van der Waals surface area contributed by atoms with E-state index in [2.05, 4.69) is 6.07 Å². The lowest BCUT2D eigenvalue weighted by Gasteiger charge is -2.03. The summed E-state index contributed by atoms with van der Waals surface area (Å²) < 4.78 is 0. The molecule has 0 aromatic heterocycles. The molecule has 2 heteroatoms. The molecule has 0 amide bonds. The highest BCUT2D eigenvalue weighted by Gasteiger charge is 2.06. The topological polar surface area (TPSA) is 47.6 Å². The van der Waals surface area contributed by atoms with Crippen LogP contribution in [0.1, 0.15) is 6.42 Å². The Bertz CT molecular complexity index is 260. The predicted octanol–water partition coefficient (Wildman–Crippen LogP) is 1.54. The molecule has 10 heavy (non-hydrogen) atoms. The number of nitriles is 2. The summed E-state index contributed by atoms with van der Waals surface area (Å²) in [5, 5.41) is 16.9. The van der Waals surface area contributed by atoms with Gasteiger partial charge in [-0.1, -0.05) is 6.08 Å². The molecule has 1 aliphatic rings. The van der Waals surface area contributed by atoms with Crippen molar-refractivity contribution in [3.8, 4) is 12.1 Å². The van der Waals surface area contributed by atoms with Gasteiger partial charge in [0.15, 0.2) is 0 Å². The van der Waals surface area contributed by atoms with Gasteiger partial charge in [0, 0.05) is 5.57 Å². The Morgan fingerprint density at radius 3 is 2.90 bits per heavy atom. The van der Waals surface area contributed by atoms with E-state index in [9.17, 15) is 0 Å². The molecule has 48 valence electrons. The van der Waals surface area contributed by atoms with Crippen molar-refractivity contribution in [1.82, 2.24) is 0 Å². The summed E-state index contributed by atoms with van der Waals surface area (Å²) in [5.74, 6) is -0.0975. The third kappa shape index (κ3) is 1.24. The van der Waals surface area contributed by atoms with Gasteiger partial charge in [-0.25, -0.2) is 0 Å². The first-order chi connectivity index (χ1) is 4.86. The second-order valence-corrected chi connectivity index (χ2v) is 2.11. The molecular weight excluding hydrogens is 124 g/mol. The molecule has 0 spiro atoms. The predicted molar refractivity (Wildman–Crippen MR) is 36.6 cm³/mol. The molecular formula is C8H6N2. The van der Waals surface area contributed by atoms with Crippen molar-refractivity contribution in [3.05, 3.63) is 23.8 Å². The maximum Gasteiger partial charge on any atom is 0.0988 e. The summed E-state index contributed by atoms with van der Waals surface area (Å²) >= 11 is 0. The van der Waals surface area contributed by atoms with E-state index in [0.717, 1.165) is 6.42 Å². The van der Waals surface area contributed by atoms with Crippen molar-refractivity contribution in [2.24, 2.45) is 5.92 Å². The van der Waals surface area contributed by atoms with Crippen molar-refractivity contribution >= 4 is 0 Å². The van der Waals surface area contributed by atoms with Crippen molar-refractivity contribution < 1.29 is 0 Å². The summed E-state index contributed by atoms with van der Waals surface area (Å²) in [6, 6.07) is 4.08. The lowest BCUT2D eigenvalue weighted by atomic mass is 9.98. The van der Waals surface area contributed by atoms with E-state index in [4.69, 9.17) is 10.5 Å². The molecule has 1 aliphatic carbocycles. The zero-order valence-corrected chi connectivity index (χ0v) is 5.41. The Morgan fingerprint density at radius 2 is 2.30 bits per heavy atom. The molecule has 0 heterocycles. The van der Waals surface area contributed by atoms with Crippen LogP contribution in [0.3, 0.4) is 0 Å². The summed E-state index contributed by atoms with van der Waals surface area (Å²) in [7, 11) is 0. The monoisotopic (exact) mass is 130 g/mol. The third-order valence-electron chi connectivity index (χ3n) is 1.36. The van der Waals surface area contributed by atoms with E-state index in [1.807, 2.05) is 12.1 Å². The molecule has 0 N–H and O–H groups in total. The van der Waals surface area contributed by atoms with Gasteiger partial charge in [0.1, 0.15) is 0 Å². The summed E-state index contributed by atoms with van der Waals surface area (Å²) in [6.07, 6.45) is 6.03. The first-order valence-electron chi connectivity index (χ1n) is 3.05.